The number of carbonyl (C=O) groups is 2. The fourth-order valence-corrected chi connectivity index (χ4v) is 3.52. The van der Waals surface area contributed by atoms with E-state index >= 15 is 0 Å². The number of hydrogen-bond donors (Lipinski definition) is 1. The molecule has 0 saturated carbocycles. The van der Waals surface area contributed by atoms with Crippen LogP contribution < -0.4 is 10.2 Å². The van der Waals surface area contributed by atoms with Gasteiger partial charge in [-0.3, -0.25) is 9.59 Å². The molecule has 0 spiro atoms. The summed E-state index contributed by atoms with van der Waals surface area (Å²) in [7, 11) is 0. The molecule has 0 atom stereocenters. The molecule has 166 valence electrons. The molecule has 2 amide bonds. The molecule has 31 heavy (non-hydrogen) atoms. The molecular weight excluding hydrogens is 431 g/mol. The molecule has 1 fully saturated rings. The third-order valence-electron chi connectivity index (χ3n) is 5.13. The number of carbonyl (C=O) groups excluding carboxylic acids is 2. The largest absolute Gasteiger partial charge is 0.416 e. The molecule has 0 aliphatic carbocycles. The van der Waals surface area contributed by atoms with Crippen LogP contribution in [0.15, 0.2) is 48.5 Å². The first-order valence-electron chi connectivity index (χ1n) is 9.98. The van der Waals surface area contributed by atoms with E-state index < -0.39 is 11.7 Å². The minimum atomic E-state index is -4.38. The number of amides is 2. The highest BCUT2D eigenvalue weighted by Gasteiger charge is 2.31. The van der Waals surface area contributed by atoms with E-state index in [2.05, 4.69) is 5.32 Å². The van der Waals surface area contributed by atoms with Crippen molar-refractivity contribution in [1.29, 1.82) is 0 Å². The van der Waals surface area contributed by atoms with E-state index in [1.807, 2.05) is 4.90 Å². The number of halogens is 4. The molecule has 1 aliphatic heterocycles. The summed E-state index contributed by atoms with van der Waals surface area (Å²) in [5.74, 6) is -0.247. The van der Waals surface area contributed by atoms with Gasteiger partial charge in [-0.1, -0.05) is 17.7 Å². The number of anilines is 1. The van der Waals surface area contributed by atoms with Gasteiger partial charge in [0.15, 0.2) is 0 Å². The van der Waals surface area contributed by atoms with Gasteiger partial charge in [-0.2, -0.15) is 13.2 Å². The number of alkyl halides is 3. The van der Waals surface area contributed by atoms with E-state index in [0.29, 0.717) is 61.8 Å². The number of benzene rings is 2. The maximum absolute atomic E-state index is 12.9. The van der Waals surface area contributed by atoms with E-state index in [9.17, 15) is 22.8 Å². The quantitative estimate of drug-likeness (QED) is 0.666. The molecule has 5 nitrogen and oxygen atoms in total. The zero-order valence-corrected chi connectivity index (χ0v) is 17.5. The second kappa shape index (κ2) is 10.0. The van der Waals surface area contributed by atoms with Gasteiger partial charge in [-0.25, -0.2) is 0 Å². The maximum atomic E-state index is 12.9. The summed E-state index contributed by atoms with van der Waals surface area (Å²) in [5, 5.41) is 3.32. The van der Waals surface area contributed by atoms with Crippen LogP contribution in [0, 0.1) is 0 Å². The lowest BCUT2D eigenvalue weighted by Gasteiger charge is -2.36. The average Bonchev–Trinajstić information content (AvgIpc) is 2.76. The third-order valence-corrected chi connectivity index (χ3v) is 5.38. The van der Waals surface area contributed by atoms with Gasteiger partial charge in [-0.05, 0) is 48.9 Å². The zero-order chi connectivity index (χ0) is 22.4. The highest BCUT2D eigenvalue weighted by Crippen LogP contribution is 2.31. The van der Waals surface area contributed by atoms with E-state index in [1.54, 1.807) is 35.2 Å². The molecule has 1 saturated heterocycles. The summed E-state index contributed by atoms with van der Waals surface area (Å²) >= 11 is 5.80. The summed E-state index contributed by atoms with van der Waals surface area (Å²) in [6.07, 6.45) is -3.58. The van der Waals surface area contributed by atoms with Crippen molar-refractivity contribution in [3.05, 3.63) is 64.7 Å². The second-order valence-electron chi connectivity index (χ2n) is 7.28. The minimum absolute atomic E-state index is 0.0237. The van der Waals surface area contributed by atoms with Crippen LogP contribution in [-0.2, 0) is 11.0 Å². The number of nitrogens with one attached hydrogen (secondary N) is 1. The van der Waals surface area contributed by atoms with Crippen molar-refractivity contribution in [3.8, 4) is 0 Å². The first-order chi connectivity index (χ1) is 14.7. The monoisotopic (exact) mass is 453 g/mol. The van der Waals surface area contributed by atoms with Crippen LogP contribution in [0.5, 0.6) is 0 Å². The van der Waals surface area contributed by atoms with Crippen molar-refractivity contribution in [2.45, 2.75) is 19.0 Å². The smallest absolute Gasteiger partial charge is 0.368 e. The van der Waals surface area contributed by atoms with E-state index in [1.165, 1.54) is 6.07 Å². The van der Waals surface area contributed by atoms with Gasteiger partial charge in [0.1, 0.15) is 0 Å². The van der Waals surface area contributed by atoms with Gasteiger partial charge in [0.05, 0.1) is 5.56 Å². The Hall–Kier alpha value is -2.74. The molecular formula is C22H23ClF3N3O2. The van der Waals surface area contributed by atoms with Crippen LogP contribution in [0.3, 0.4) is 0 Å². The SMILES string of the molecule is O=C(NCCCC(=O)N1CCN(c2cccc(C(F)(F)F)c2)CC1)c1ccc(Cl)cc1. The van der Waals surface area contributed by atoms with Crippen molar-refractivity contribution in [2.75, 3.05) is 37.6 Å². The number of rotatable bonds is 6. The Labute approximate surface area is 183 Å². The number of hydrogen-bond acceptors (Lipinski definition) is 3. The lowest BCUT2D eigenvalue weighted by Crippen LogP contribution is -2.48. The van der Waals surface area contributed by atoms with Crippen molar-refractivity contribution < 1.29 is 22.8 Å². The third kappa shape index (κ3) is 6.37. The van der Waals surface area contributed by atoms with E-state index in [0.717, 1.165) is 12.1 Å². The van der Waals surface area contributed by atoms with Gasteiger partial charge < -0.3 is 15.1 Å². The molecule has 9 heteroatoms. The van der Waals surface area contributed by atoms with Crippen molar-refractivity contribution in [2.24, 2.45) is 0 Å². The molecule has 2 aromatic carbocycles. The van der Waals surface area contributed by atoms with Crippen LogP contribution in [0.2, 0.25) is 5.02 Å². The van der Waals surface area contributed by atoms with Gasteiger partial charge in [-0.15, -0.1) is 0 Å². The van der Waals surface area contributed by atoms with Crippen molar-refractivity contribution in [1.82, 2.24) is 10.2 Å². The van der Waals surface area contributed by atoms with Gasteiger partial charge in [0.25, 0.3) is 5.91 Å². The molecule has 1 heterocycles. The highest BCUT2D eigenvalue weighted by atomic mass is 35.5. The van der Waals surface area contributed by atoms with E-state index in [4.69, 9.17) is 11.6 Å². The summed E-state index contributed by atoms with van der Waals surface area (Å²) in [6, 6.07) is 11.8. The van der Waals surface area contributed by atoms with Crippen LogP contribution in [0.4, 0.5) is 18.9 Å². The second-order valence-corrected chi connectivity index (χ2v) is 7.72. The van der Waals surface area contributed by atoms with Gasteiger partial charge >= 0.3 is 6.18 Å². The predicted octanol–water partition coefficient (Wildman–Crippen LogP) is 4.22. The predicted molar refractivity (Wildman–Crippen MR) is 113 cm³/mol. The molecule has 0 aromatic heterocycles. The van der Waals surface area contributed by atoms with Gasteiger partial charge in [0, 0.05) is 55.4 Å². The van der Waals surface area contributed by atoms with Crippen molar-refractivity contribution in [3.63, 3.8) is 0 Å². The molecule has 2 aromatic rings. The summed E-state index contributed by atoms with van der Waals surface area (Å²) in [6.45, 7) is 2.22. The zero-order valence-electron chi connectivity index (χ0n) is 16.8. The molecule has 0 unspecified atom stereocenters. The summed E-state index contributed by atoms with van der Waals surface area (Å²) in [5.41, 5.74) is 0.331. The maximum Gasteiger partial charge on any atom is 0.416 e. The fourth-order valence-electron chi connectivity index (χ4n) is 3.40. The molecule has 1 aliphatic rings. The molecule has 0 bridgehead atoms. The minimum Gasteiger partial charge on any atom is -0.368 e. The Balaban J connectivity index is 1.40. The number of piperazine rings is 1. The summed E-state index contributed by atoms with van der Waals surface area (Å²) in [4.78, 5) is 28.0. The van der Waals surface area contributed by atoms with Crippen LogP contribution in [0.25, 0.3) is 0 Å². The van der Waals surface area contributed by atoms with Crippen LogP contribution in [-0.4, -0.2) is 49.4 Å². The highest BCUT2D eigenvalue weighted by molar-refractivity contribution is 6.30. The van der Waals surface area contributed by atoms with Crippen molar-refractivity contribution >= 4 is 29.1 Å². The first kappa shape index (κ1) is 22.9. The molecule has 3 rings (SSSR count). The lowest BCUT2D eigenvalue weighted by molar-refractivity contribution is -0.137. The van der Waals surface area contributed by atoms with Crippen LogP contribution >= 0.6 is 11.6 Å². The Bertz CT molecular complexity index is 911. The lowest BCUT2D eigenvalue weighted by atomic mass is 10.1. The fraction of sp³-hybridized carbons (Fsp3) is 0.364. The normalized spacial score (nSPS) is 14.5. The Morgan fingerprint density at radius 3 is 2.32 bits per heavy atom. The van der Waals surface area contributed by atoms with Gasteiger partial charge in [0.2, 0.25) is 5.91 Å². The molecule has 1 N–H and O–H groups in total. The number of nitrogens with zero attached hydrogens (tertiary/aromatic N) is 2. The Morgan fingerprint density at radius 1 is 1.00 bits per heavy atom. The van der Waals surface area contributed by atoms with E-state index in [-0.39, 0.29) is 11.8 Å². The average molecular weight is 454 g/mol. The Morgan fingerprint density at radius 2 is 1.68 bits per heavy atom. The van der Waals surface area contributed by atoms with Crippen LogP contribution in [0.1, 0.15) is 28.8 Å². The summed E-state index contributed by atoms with van der Waals surface area (Å²) < 4.78 is 38.7. The Kier molecular flexibility index (Phi) is 7.43. The standard InChI is InChI=1S/C22H23ClF3N3O2/c23-18-8-6-16(7-9-18)21(31)27-10-2-5-20(30)29-13-11-28(12-14-29)19-4-1-3-17(15-19)22(24,25)26/h1,3-4,6-9,15H,2,5,10-14H2,(H,27,31). The first-order valence-corrected chi connectivity index (χ1v) is 10.4. The molecule has 0 radical (unpaired) electrons. The topological polar surface area (TPSA) is 52.7 Å².